The summed E-state index contributed by atoms with van der Waals surface area (Å²) in [6, 6.07) is 0. The highest BCUT2D eigenvalue weighted by Gasteiger charge is 2.72. The van der Waals surface area contributed by atoms with Crippen molar-refractivity contribution in [3.05, 3.63) is 11.6 Å². The number of hydrogen-bond acceptors (Lipinski definition) is 11. The van der Waals surface area contributed by atoms with Gasteiger partial charge in [0.15, 0.2) is 5.78 Å². The quantitative estimate of drug-likeness (QED) is 0.171. The summed E-state index contributed by atoms with van der Waals surface area (Å²) in [6.07, 6.45) is -2.42. The summed E-state index contributed by atoms with van der Waals surface area (Å²) >= 11 is 0. The van der Waals surface area contributed by atoms with E-state index in [2.05, 4.69) is 26.8 Å². The Morgan fingerprint density at radius 2 is 1.62 bits per heavy atom. The number of esters is 1. The number of ketones is 1. The van der Waals surface area contributed by atoms with Crippen LogP contribution < -0.4 is 0 Å². The van der Waals surface area contributed by atoms with Gasteiger partial charge in [-0.05, 0) is 85.9 Å². The molecule has 47 heavy (non-hydrogen) atoms. The summed E-state index contributed by atoms with van der Waals surface area (Å²) in [5.41, 5.74) is -3.59. The molecule has 11 heteroatoms. The van der Waals surface area contributed by atoms with Crippen LogP contribution in [0, 0.1) is 50.7 Å². The molecule has 4 saturated carbocycles. The zero-order chi connectivity index (χ0) is 34.7. The molecule has 0 radical (unpaired) electrons. The monoisotopic (exact) mass is 664 g/mol. The first-order chi connectivity index (χ1) is 21.8. The molecule has 6 rings (SSSR count). The molecule has 0 bridgehead atoms. The Labute approximate surface area is 277 Å². The van der Waals surface area contributed by atoms with Gasteiger partial charge in [0.05, 0.1) is 24.2 Å². The average molecular weight is 665 g/mol. The van der Waals surface area contributed by atoms with Gasteiger partial charge in [0.2, 0.25) is 6.29 Å². The van der Waals surface area contributed by atoms with Gasteiger partial charge >= 0.3 is 5.97 Å². The van der Waals surface area contributed by atoms with E-state index in [4.69, 9.17) is 9.47 Å². The van der Waals surface area contributed by atoms with Crippen molar-refractivity contribution in [2.24, 2.45) is 50.7 Å². The Kier molecular flexibility index (Phi) is 8.50. The summed E-state index contributed by atoms with van der Waals surface area (Å²) in [7, 11) is 0. The third-order valence-electron chi connectivity index (χ3n) is 15.4. The van der Waals surface area contributed by atoms with E-state index in [1.807, 2.05) is 13.8 Å². The van der Waals surface area contributed by atoms with E-state index < -0.39 is 82.6 Å². The van der Waals surface area contributed by atoms with Crippen LogP contribution in [0.3, 0.4) is 0 Å². The minimum Gasteiger partial charge on any atom is -0.432 e. The Hall–Kier alpha value is -1.44. The molecular weight excluding hydrogens is 608 g/mol. The molecule has 1 aliphatic heterocycles. The number of fused-ring (bicyclic) bond motifs is 7. The predicted octanol–water partition coefficient (Wildman–Crippen LogP) is 1.61. The first-order valence-corrected chi connectivity index (χ1v) is 17.6. The lowest BCUT2D eigenvalue weighted by Crippen LogP contribution is -2.69. The molecule has 6 aliphatic rings. The van der Waals surface area contributed by atoms with Crippen molar-refractivity contribution in [2.45, 2.75) is 135 Å². The van der Waals surface area contributed by atoms with Gasteiger partial charge in [-0.2, -0.15) is 0 Å². The molecule has 5 fully saturated rings. The highest BCUT2D eigenvalue weighted by Crippen LogP contribution is 2.76. The zero-order valence-corrected chi connectivity index (χ0v) is 28.7. The molecule has 0 spiro atoms. The van der Waals surface area contributed by atoms with Crippen molar-refractivity contribution >= 4 is 11.8 Å². The third-order valence-corrected chi connectivity index (χ3v) is 15.4. The van der Waals surface area contributed by atoms with E-state index in [0.717, 1.165) is 18.4 Å². The summed E-state index contributed by atoms with van der Waals surface area (Å²) < 4.78 is 11.4. The first kappa shape index (κ1) is 35.4. The van der Waals surface area contributed by atoms with Crippen LogP contribution >= 0.6 is 0 Å². The van der Waals surface area contributed by atoms with Crippen LogP contribution in [0.4, 0.5) is 0 Å². The highest BCUT2D eigenvalue weighted by molar-refractivity contribution is 5.85. The molecule has 0 aromatic rings. The molecule has 0 amide bonds. The number of Topliss-reactive ketones (excluding diaryl/α,β-unsaturated/α-hetero) is 1. The fourth-order valence-corrected chi connectivity index (χ4v) is 12.2. The number of ether oxygens (including phenoxy) is 2. The van der Waals surface area contributed by atoms with Crippen molar-refractivity contribution < 1.29 is 54.8 Å². The Bertz CT molecular complexity index is 1310. The zero-order valence-electron chi connectivity index (χ0n) is 28.7. The largest absolute Gasteiger partial charge is 0.432 e. The van der Waals surface area contributed by atoms with Crippen LogP contribution in [-0.2, 0) is 19.1 Å². The fraction of sp³-hybridized carbons (Fsp3) is 0.889. The summed E-state index contributed by atoms with van der Waals surface area (Å²) in [5, 5.41) is 74.9. The number of carbonyl (C=O) groups is 2. The van der Waals surface area contributed by atoms with E-state index >= 15 is 0 Å². The molecule has 266 valence electrons. The molecule has 7 N–H and O–H groups in total. The first-order valence-electron chi connectivity index (χ1n) is 17.6. The van der Waals surface area contributed by atoms with E-state index in [1.54, 1.807) is 6.92 Å². The molecule has 16 atom stereocenters. The summed E-state index contributed by atoms with van der Waals surface area (Å²) in [6.45, 7) is 11.4. The summed E-state index contributed by atoms with van der Waals surface area (Å²) in [4.78, 5) is 27.8. The average Bonchev–Trinajstić information content (AvgIpc) is 3.02. The number of aliphatic hydroxyl groups is 7. The van der Waals surface area contributed by atoms with Crippen LogP contribution in [0.5, 0.6) is 0 Å². The molecule has 5 aliphatic carbocycles. The molecule has 16 unspecified atom stereocenters. The van der Waals surface area contributed by atoms with Gasteiger partial charge in [-0.25, -0.2) is 0 Å². The lowest BCUT2D eigenvalue weighted by Gasteiger charge is -2.71. The van der Waals surface area contributed by atoms with Gasteiger partial charge in [0, 0.05) is 17.8 Å². The van der Waals surface area contributed by atoms with Crippen molar-refractivity contribution in [1.82, 2.24) is 0 Å². The van der Waals surface area contributed by atoms with E-state index in [1.165, 1.54) is 0 Å². The smallest absolute Gasteiger partial charge is 0.315 e. The molecule has 0 aromatic carbocycles. The Morgan fingerprint density at radius 1 is 0.936 bits per heavy atom. The van der Waals surface area contributed by atoms with Crippen molar-refractivity contribution in [3.63, 3.8) is 0 Å². The number of rotatable bonds is 4. The van der Waals surface area contributed by atoms with Crippen LogP contribution in [0.25, 0.3) is 0 Å². The van der Waals surface area contributed by atoms with Crippen LogP contribution in [0.2, 0.25) is 0 Å². The van der Waals surface area contributed by atoms with Gasteiger partial charge in [0.25, 0.3) is 0 Å². The second-order valence-electron chi connectivity index (χ2n) is 17.4. The predicted molar refractivity (Wildman–Crippen MR) is 168 cm³/mol. The minimum atomic E-state index is -1.73. The molecule has 11 nitrogen and oxygen atoms in total. The van der Waals surface area contributed by atoms with Gasteiger partial charge in [-0.15, -0.1) is 0 Å². The van der Waals surface area contributed by atoms with Gasteiger partial charge in [-0.3, -0.25) is 9.59 Å². The standard InChI is InChI=1S/C36H56O11/c1-18-9-12-36(30(44)47-29-26(42)25(41)24(40)21(16-37)46-29)14-13-33(4)19(27(36)35(18,6)45)7-8-23-31(2)15-20(39)28(43)32(3,17-38)22(31)10-11-34(23,33)5/h7,18,21-29,37-38,40-43,45H,8-17H2,1-6H3. The van der Waals surface area contributed by atoms with Crippen LogP contribution in [0.1, 0.15) is 92.9 Å². The molecule has 1 heterocycles. The molecular formula is C36H56O11. The van der Waals surface area contributed by atoms with Gasteiger partial charge in [-0.1, -0.05) is 46.3 Å². The van der Waals surface area contributed by atoms with Crippen molar-refractivity contribution in [3.8, 4) is 0 Å². The number of carbonyl (C=O) groups excluding carboxylic acids is 2. The van der Waals surface area contributed by atoms with Crippen molar-refractivity contribution in [1.29, 1.82) is 0 Å². The topological polar surface area (TPSA) is 194 Å². The Morgan fingerprint density at radius 3 is 2.26 bits per heavy atom. The molecule has 1 saturated heterocycles. The Balaban J connectivity index is 1.40. The minimum absolute atomic E-state index is 0.0571. The van der Waals surface area contributed by atoms with E-state index in [9.17, 15) is 45.3 Å². The summed E-state index contributed by atoms with van der Waals surface area (Å²) in [5.74, 6) is -1.62. The maximum absolute atomic E-state index is 14.5. The SMILES string of the molecule is CC1CCC2(C(=O)OC3OC(CO)C(O)C(O)C3O)CCC3(C)C(=CCC4C5(C)CC(=O)C(O)C(C)(CO)C5CCC43C)C2C1(C)O. The van der Waals surface area contributed by atoms with Crippen LogP contribution in [-0.4, -0.2) is 103 Å². The lowest BCUT2D eigenvalue weighted by molar-refractivity contribution is -0.299. The second-order valence-corrected chi connectivity index (χ2v) is 17.4. The lowest BCUT2D eigenvalue weighted by atomic mass is 9.33. The van der Waals surface area contributed by atoms with Crippen molar-refractivity contribution in [2.75, 3.05) is 13.2 Å². The van der Waals surface area contributed by atoms with E-state index in [-0.39, 0.29) is 42.0 Å². The maximum Gasteiger partial charge on any atom is 0.315 e. The highest BCUT2D eigenvalue weighted by atomic mass is 16.7. The third kappa shape index (κ3) is 4.52. The van der Waals surface area contributed by atoms with Crippen LogP contribution in [0.15, 0.2) is 11.6 Å². The van der Waals surface area contributed by atoms with Gasteiger partial charge in [0.1, 0.15) is 30.5 Å². The second kappa shape index (κ2) is 11.3. The van der Waals surface area contributed by atoms with Gasteiger partial charge < -0.3 is 45.2 Å². The van der Waals surface area contributed by atoms with E-state index in [0.29, 0.717) is 32.1 Å². The maximum atomic E-state index is 14.5. The molecule has 0 aromatic heterocycles. The number of allylic oxidation sites excluding steroid dienone is 1. The normalized spacial score (nSPS) is 55.9. The number of aliphatic hydroxyl groups excluding tert-OH is 6. The number of hydrogen-bond donors (Lipinski definition) is 7. The fourth-order valence-electron chi connectivity index (χ4n) is 12.2.